The standard InChI is InChI=1S/C22H20FN5O2/c1-14-12-26-18-19(24-21(26)28(14)17-6-4-3-5-7-17)25(2)22(30)27(20(18)29)13-15-8-10-16(23)11-9-15/h3-12,18-19H,13H2,1-2H3. The Morgan fingerprint density at radius 1 is 1.03 bits per heavy atom. The number of hydrogen-bond donors (Lipinski definition) is 0. The molecule has 1 saturated heterocycles. The van der Waals surface area contributed by atoms with Gasteiger partial charge in [0.25, 0.3) is 5.91 Å². The van der Waals surface area contributed by atoms with Gasteiger partial charge in [0.05, 0.1) is 6.54 Å². The minimum Gasteiger partial charge on any atom is -0.302 e. The highest BCUT2D eigenvalue weighted by molar-refractivity contribution is 6.09. The second-order valence-electron chi connectivity index (χ2n) is 7.58. The molecule has 2 aromatic rings. The normalized spacial score (nSPS) is 22.9. The van der Waals surface area contributed by atoms with Gasteiger partial charge in [-0.2, -0.15) is 0 Å². The molecule has 0 radical (unpaired) electrons. The summed E-state index contributed by atoms with van der Waals surface area (Å²) < 4.78 is 13.2. The van der Waals surface area contributed by atoms with Gasteiger partial charge in [0.15, 0.2) is 12.2 Å². The second kappa shape index (κ2) is 6.69. The first-order valence-electron chi connectivity index (χ1n) is 9.68. The maximum absolute atomic E-state index is 13.4. The molecule has 0 saturated carbocycles. The molecule has 0 bridgehead atoms. The summed E-state index contributed by atoms with van der Waals surface area (Å²) in [4.78, 5) is 37.6. The molecule has 152 valence electrons. The van der Waals surface area contributed by atoms with Crippen molar-refractivity contribution in [1.82, 2.24) is 14.7 Å². The summed E-state index contributed by atoms with van der Waals surface area (Å²) in [5.74, 6) is -0.0461. The van der Waals surface area contributed by atoms with Crippen molar-refractivity contribution < 1.29 is 14.0 Å². The number of anilines is 1. The number of para-hydroxylation sites is 1. The lowest BCUT2D eigenvalue weighted by atomic mass is 10.1. The minimum atomic E-state index is -0.633. The Morgan fingerprint density at radius 3 is 2.43 bits per heavy atom. The van der Waals surface area contributed by atoms with Crippen LogP contribution in [-0.2, 0) is 11.3 Å². The third-order valence-corrected chi connectivity index (χ3v) is 5.66. The number of hydrogen-bond acceptors (Lipinski definition) is 5. The Kier molecular flexibility index (Phi) is 4.09. The van der Waals surface area contributed by atoms with Crippen LogP contribution >= 0.6 is 0 Å². The number of benzene rings is 2. The summed E-state index contributed by atoms with van der Waals surface area (Å²) in [7, 11) is 1.65. The van der Waals surface area contributed by atoms with E-state index in [9.17, 15) is 14.0 Å². The number of imide groups is 1. The molecule has 0 spiro atoms. The van der Waals surface area contributed by atoms with Crippen LogP contribution in [0.2, 0.25) is 0 Å². The van der Waals surface area contributed by atoms with Crippen LogP contribution in [0.4, 0.5) is 14.9 Å². The highest BCUT2D eigenvalue weighted by Gasteiger charge is 2.54. The fourth-order valence-electron chi connectivity index (χ4n) is 4.17. The molecule has 3 amide bonds. The quantitative estimate of drug-likeness (QED) is 0.788. The lowest BCUT2D eigenvalue weighted by Gasteiger charge is -2.40. The van der Waals surface area contributed by atoms with Gasteiger partial charge >= 0.3 is 6.03 Å². The maximum atomic E-state index is 13.4. The van der Waals surface area contributed by atoms with Crippen molar-refractivity contribution in [3.63, 3.8) is 0 Å². The van der Waals surface area contributed by atoms with Crippen molar-refractivity contribution >= 4 is 23.6 Å². The Hall–Kier alpha value is -3.68. The van der Waals surface area contributed by atoms with E-state index in [0.717, 1.165) is 11.4 Å². The van der Waals surface area contributed by atoms with Gasteiger partial charge in [0.2, 0.25) is 5.96 Å². The molecule has 7 nitrogen and oxygen atoms in total. The molecule has 3 heterocycles. The molecule has 1 fully saturated rings. The van der Waals surface area contributed by atoms with E-state index in [1.807, 2.05) is 53.3 Å². The van der Waals surface area contributed by atoms with Gasteiger partial charge in [0.1, 0.15) is 5.82 Å². The second-order valence-corrected chi connectivity index (χ2v) is 7.58. The fraction of sp³-hybridized carbons (Fsp3) is 0.227. The molecule has 2 unspecified atom stereocenters. The minimum absolute atomic E-state index is 0.0831. The van der Waals surface area contributed by atoms with Crippen molar-refractivity contribution in [3.8, 4) is 0 Å². The summed E-state index contributed by atoms with van der Waals surface area (Å²) in [6.07, 6.45) is 1.30. The molecule has 0 aromatic heterocycles. The Labute approximate surface area is 173 Å². The first-order chi connectivity index (χ1) is 14.5. The summed E-state index contributed by atoms with van der Waals surface area (Å²) in [6, 6.07) is 14.5. The van der Waals surface area contributed by atoms with Crippen LogP contribution in [0.3, 0.4) is 0 Å². The number of allylic oxidation sites excluding steroid dienone is 1. The van der Waals surface area contributed by atoms with E-state index in [-0.39, 0.29) is 18.3 Å². The van der Waals surface area contributed by atoms with Gasteiger partial charge in [-0.3, -0.25) is 14.6 Å². The van der Waals surface area contributed by atoms with Crippen molar-refractivity contribution in [2.75, 3.05) is 11.9 Å². The fourth-order valence-corrected chi connectivity index (χ4v) is 4.17. The van der Waals surface area contributed by atoms with Gasteiger partial charge in [0, 0.05) is 24.6 Å². The summed E-state index contributed by atoms with van der Waals surface area (Å²) in [5.41, 5.74) is 2.56. The van der Waals surface area contributed by atoms with Crippen LogP contribution < -0.4 is 4.90 Å². The number of carbonyl (C=O) groups is 2. The molecule has 3 aliphatic heterocycles. The van der Waals surface area contributed by atoms with E-state index in [2.05, 4.69) is 0 Å². The predicted molar refractivity (Wildman–Crippen MR) is 110 cm³/mol. The first kappa shape index (κ1) is 18.4. The topological polar surface area (TPSA) is 59.5 Å². The number of rotatable bonds is 3. The van der Waals surface area contributed by atoms with Crippen molar-refractivity contribution in [1.29, 1.82) is 0 Å². The van der Waals surface area contributed by atoms with E-state index in [0.29, 0.717) is 11.5 Å². The summed E-state index contributed by atoms with van der Waals surface area (Å²) in [5, 5.41) is 0. The molecule has 0 N–H and O–H groups in total. The summed E-state index contributed by atoms with van der Waals surface area (Å²) in [6.45, 7) is 2.04. The number of aliphatic imine (C=N–C) groups is 1. The summed E-state index contributed by atoms with van der Waals surface area (Å²) >= 11 is 0. The van der Waals surface area contributed by atoms with Gasteiger partial charge < -0.3 is 9.80 Å². The molecular weight excluding hydrogens is 385 g/mol. The van der Waals surface area contributed by atoms with Crippen LogP contribution in [0.1, 0.15) is 12.5 Å². The number of guanidine groups is 1. The average molecular weight is 405 g/mol. The van der Waals surface area contributed by atoms with Crippen molar-refractivity contribution in [2.45, 2.75) is 25.7 Å². The molecule has 30 heavy (non-hydrogen) atoms. The smallest absolute Gasteiger partial charge is 0.302 e. The number of nitrogens with zero attached hydrogens (tertiary/aromatic N) is 5. The number of urea groups is 1. The Balaban J connectivity index is 1.47. The van der Waals surface area contributed by atoms with Crippen molar-refractivity contribution in [3.05, 3.63) is 77.9 Å². The number of likely N-dealkylation sites (N-methyl/N-ethyl adjacent to an activating group) is 1. The molecule has 5 rings (SSSR count). The highest BCUT2D eigenvalue weighted by atomic mass is 19.1. The molecule has 2 aromatic carbocycles. The zero-order valence-electron chi connectivity index (χ0n) is 16.6. The van der Waals surface area contributed by atoms with Crippen LogP contribution in [0, 0.1) is 5.82 Å². The van der Waals surface area contributed by atoms with E-state index < -0.39 is 18.2 Å². The van der Waals surface area contributed by atoms with Gasteiger partial charge in [-0.1, -0.05) is 30.3 Å². The molecule has 8 heteroatoms. The largest absolute Gasteiger partial charge is 0.328 e. The zero-order chi connectivity index (χ0) is 21.0. The van der Waals surface area contributed by atoms with E-state index in [4.69, 9.17) is 4.99 Å². The van der Waals surface area contributed by atoms with E-state index >= 15 is 0 Å². The SMILES string of the molecule is CC1=CN2C(=NC3C2C(=O)N(Cc2ccc(F)cc2)C(=O)N3C)N1c1ccccc1. The number of amides is 3. The van der Waals surface area contributed by atoms with Crippen LogP contribution in [0.5, 0.6) is 0 Å². The third kappa shape index (κ3) is 2.67. The molecular formula is C22H20FN5O2. The number of halogens is 1. The van der Waals surface area contributed by atoms with Crippen LogP contribution in [0.25, 0.3) is 0 Å². The maximum Gasteiger partial charge on any atom is 0.328 e. The van der Waals surface area contributed by atoms with E-state index in [1.54, 1.807) is 19.2 Å². The monoisotopic (exact) mass is 405 g/mol. The molecule has 0 aliphatic carbocycles. The molecule has 3 aliphatic rings. The van der Waals surface area contributed by atoms with Crippen LogP contribution in [0.15, 0.2) is 71.5 Å². The zero-order valence-corrected chi connectivity index (χ0v) is 16.6. The average Bonchev–Trinajstić information content (AvgIpc) is 3.26. The van der Waals surface area contributed by atoms with E-state index in [1.165, 1.54) is 21.9 Å². The van der Waals surface area contributed by atoms with Gasteiger partial charge in [-0.05, 0) is 36.8 Å². The highest BCUT2D eigenvalue weighted by Crippen LogP contribution is 2.36. The first-order valence-corrected chi connectivity index (χ1v) is 9.68. The van der Waals surface area contributed by atoms with Gasteiger partial charge in [-0.15, -0.1) is 0 Å². The third-order valence-electron chi connectivity index (χ3n) is 5.66. The molecule has 2 atom stereocenters. The number of carbonyl (C=O) groups excluding carboxylic acids is 2. The predicted octanol–water partition coefficient (Wildman–Crippen LogP) is 2.97. The lowest BCUT2D eigenvalue weighted by molar-refractivity contribution is -0.137. The van der Waals surface area contributed by atoms with Crippen LogP contribution in [-0.4, -0.2) is 51.9 Å². The Morgan fingerprint density at radius 2 is 1.73 bits per heavy atom. The van der Waals surface area contributed by atoms with Crippen molar-refractivity contribution in [2.24, 2.45) is 4.99 Å². The Bertz CT molecular complexity index is 1080. The van der Waals surface area contributed by atoms with Gasteiger partial charge in [-0.25, -0.2) is 14.2 Å². The number of fused-ring (bicyclic) bond motifs is 3. The lowest BCUT2D eigenvalue weighted by Crippen LogP contribution is -2.63.